The zero-order chi connectivity index (χ0) is 16.7. The Bertz CT molecular complexity index is 572. The molecule has 1 aliphatic rings. The van der Waals surface area contributed by atoms with Gasteiger partial charge in [-0.2, -0.15) is 0 Å². The standard InChI is InChI=1S/C20H31N3/c1-3-5-7-9-11-15-13-17-18(20(22)23-19(17)21)14-16(15)12-10-8-6-4-2/h13-14H,3-12H2,1-2H3,(H3,21,22,23). The zero-order valence-electron chi connectivity index (χ0n) is 14.8. The molecular weight excluding hydrogens is 282 g/mol. The van der Waals surface area contributed by atoms with E-state index in [4.69, 9.17) is 11.1 Å². The topological polar surface area (TPSA) is 62.2 Å². The molecule has 0 atom stereocenters. The molecule has 2 rings (SSSR count). The first-order chi connectivity index (χ1) is 11.2. The normalized spacial score (nSPS) is 13.3. The van der Waals surface area contributed by atoms with Gasteiger partial charge >= 0.3 is 0 Å². The third-order valence-electron chi connectivity index (χ3n) is 4.70. The average Bonchev–Trinajstić information content (AvgIpc) is 2.82. The third kappa shape index (κ3) is 4.66. The van der Waals surface area contributed by atoms with Crippen LogP contribution in [0.2, 0.25) is 0 Å². The fraction of sp³-hybridized carbons (Fsp3) is 0.600. The molecule has 0 spiro atoms. The molecule has 3 heteroatoms. The Morgan fingerprint density at radius 3 is 1.87 bits per heavy atom. The van der Waals surface area contributed by atoms with Crippen molar-refractivity contribution in [3.63, 3.8) is 0 Å². The summed E-state index contributed by atoms with van der Waals surface area (Å²) in [5.74, 6) is 0.835. The summed E-state index contributed by atoms with van der Waals surface area (Å²) < 4.78 is 0. The maximum Gasteiger partial charge on any atom is 0.154 e. The van der Waals surface area contributed by atoms with E-state index in [9.17, 15) is 0 Å². The number of unbranched alkanes of at least 4 members (excludes halogenated alkanes) is 6. The van der Waals surface area contributed by atoms with E-state index in [0.717, 1.165) is 24.0 Å². The smallest absolute Gasteiger partial charge is 0.154 e. The molecule has 1 aromatic rings. The van der Waals surface area contributed by atoms with Crippen LogP contribution in [0.25, 0.3) is 0 Å². The predicted molar refractivity (Wildman–Crippen MR) is 99.7 cm³/mol. The summed E-state index contributed by atoms with van der Waals surface area (Å²) in [6, 6.07) is 4.39. The number of nitrogens with zero attached hydrogens (tertiary/aromatic N) is 1. The van der Waals surface area contributed by atoms with Gasteiger partial charge in [-0.3, -0.25) is 5.41 Å². The van der Waals surface area contributed by atoms with Crippen LogP contribution in [-0.4, -0.2) is 11.7 Å². The molecule has 0 fully saturated rings. The zero-order valence-corrected chi connectivity index (χ0v) is 14.8. The Balaban J connectivity index is 2.13. The van der Waals surface area contributed by atoms with E-state index in [-0.39, 0.29) is 0 Å². The molecule has 3 N–H and O–H groups in total. The molecule has 0 amide bonds. The lowest BCUT2D eigenvalue weighted by Gasteiger charge is -2.13. The van der Waals surface area contributed by atoms with Gasteiger partial charge in [0.15, 0.2) is 5.84 Å². The fourth-order valence-electron chi connectivity index (χ4n) is 3.29. The summed E-state index contributed by atoms with van der Waals surface area (Å²) in [5.41, 5.74) is 10.7. The Hall–Kier alpha value is -1.64. The average molecular weight is 313 g/mol. The van der Waals surface area contributed by atoms with Gasteiger partial charge in [-0.15, -0.1) is 0 Å². The maximum absolute atomic E-state index is 8.00. The molecular formula is C20H31N3. The first-order valence-corrected chi connectivity index (χ1v) is 9.26. The number of hydrogen-bond donors (Lipinski definition) is 2. The summed E-state index contributed by atoms with van der Waals surface area (Å²) in [6.07, 6.45) is 12.4. The van der Waals surface area contributed by atoms with Crippen molar-refractivity contribution in [2.75, 3.05) is 0 Å². The van der Waals surface area contributed by atoms with Crippen LogP contribution in [-0.2, 0) is 12.8 Å². The summed E-state index contributed by atoms with van der Waals surface area (Å²) in [7, 11) is 0. The summed E-state index contributed by atoms with van der Waals surface area (Å²) >= 11 is 0. The second-order valence-corrected chi connectivity index (χ2v) is 6.63. The molecule has 0 saturated carbocycles. The first kappa shape index (κ1) is 17.7. The van der Waals surface area contributed by atoms with Crippen LogP contribution in [0.4, 0.5) is 0 Å². The van der Waals surface area contributed by atoms with Gasteiger partial charge in [-0.1, -0.05) is 52.4 Å². The summed E-state index contributed by atoms with van der Waals surface area (Å²) in [6.45, 7) is 4.49. The quantitative estimate of drug-likeness (QED) is 0.588. The van der Waals surface area contributed by atoms with E-state index in [1.165, 1.54) is 62.5 Å². The lowest BCUT2D eigenvalue weighted by Crippen LogP contribution is -2.11. The molecule has 1 heterocycles. The van der Waals surface area contributed by atoms with E-state index < -0.39 is 0 Å². The molecule has 1 aromatic carbocycles. The van der Waals surface area contributed by atoms with E-state index in [2.05, 4.69) is 31.0 Å². The number of nitrogens with two attached hydrogens (primary N) is 1. The number of amidine groups is 2. The molecule has 0 radical (unpaired) electrons. The van der Waals surface area contributed by atoms with Crippen LogP contribution in [0.3, 0.4) is 0 Å². The van der Waals surface area contributed by atoms with Gasteiger partial charge in [0.05, 0.1) is 0 Å². The number of benzene rings is 1. The van der Waals surface area contributed by atoms with Crippen molar-refractivity contribution < 1.29 is 0 Å². The highest BCUT2D eigenvalue weighted by Gasteiger charge is 2.20. The first-order valence-electron chi connectivity index (χ1n) is 9.26. The van der Waals surface area contributed by atoms with Crippen LogP contribution in [0.15, 0.2) is 17.1 Å². The third-order valence-corrected chi connectivity index (χ3v) is 4.70. The highest BCUT2D eigenvalue weighted by Crippen LogP contribution is 2.25. The largest absolute Gasteiger partial charge is 0.383 e. The highest BCUT2D eigenvalue weighted by atomic mass is 14.9. The number of aryl methyl sites for hydroxylation is 2. The van der Waals surface area contributed by atoms with E-state index in [1.54, 1.807) is 0 Å². The summed E-state index contributed by atoms with van der Waals surface area (Å²) in [4.78, 5) is 4.14. The van der Waals surface area contributed by atoms with E-state index >= 15 is 0 Å². The van der Waals surface area contributed by atoms with E-state index in [0.29, 0.717) is 11.7 Å². The van der Waals surface area contributed by atoms with Crippen molar-refractivity contribution >= 4 is 11.7 Å². The molecule has 0 bridgehead atoms. The fourth-order valence-corrected chi connectivity index (χ4v) is 3.29. The molecule has 0 aromatic heterocycles. The lowest BCUT2D eigenvalue weighted by atomic mass is 9.92. The monoisotopic (exact) mass is 313 g/mol. The highest BCUT2D eigenvalue weighted by molar-refractivity contribution is 6.21. The van der Waals surface area contributed by atoms with Gasteiger partial charge in [0.1, 0.15) is 5.84 Å². The Labute approximate surface area is 140 Å². The SMILES string of the molecule is CCCCCCc1cc2c(cc1CCCCCC)C(N)=NC2=N. The second-order valence-electron chi connectivity index (χ2n) is 6.63. The number of fused-ring (bicyclic) bond motifs is 1. The molecule has 0 saturated heterocycles. The molecule has 0 unspecified atom stereocenters. The minimum Gasteiger partial charge on any atom is -0.383 e. The predicted octanol–water partition coefficient (Wildman–Crippen LogP) is 4.98. The molecule has 0 aliphatic carbocycles. The van der Waals surface area contributed by atoms with Crippen molar-refractivity contribution in [2.24, 2.45) is 10.7 Å². The van der Waals surface area contributed by atoms with Crippen LogP contribution >= 0.6 is 0 Å². The Kier molecular flexibility index (Phi) is 6.82. The number of nitrogens with one attached hydrogen (secondary N) is 1. The Morgan fingerprint density at radius 1 is 0.826 bits per heavy atom. The minimum atomic E-state index is 0.324. The summed E-state index contributed by atoms with van der Waals surface area (Å²) in [5, 5.41) is 8.00. The van der Waals surface area contributed by atoms with Crippen molar-refractivity contribution in [1.82, 2.24) is 0 Å². The van der Waals surface area contributed by atoms with Gasteiger partial charge in [0.2, 0.25) is 0 Å². The van der Waals surface area contributed by atoms with Gasteiger partial charge in [-0.25, -0.2) is 4.99 Å². The van der Waals surface area contributed by atoms with Gasteiger partial charge < -0.3 is 5.73 Å². The van der Waals surface area contributed by atoms with Gasteiger partial charge in [0, 0.05) is 11.1 Å². The van der Waals surface area contributed by atoms with Crippen molar-refractivity contribution in [2.45, 2.75) is 78.1 Å². The molecule has 3 nitrogen and oxygen atoms in total. The van der Waals surface area contributed by atoms with Crippen LogP contribution in [0.1, 0.15) is 87.5 Å². The Morgan fingerprint density at radius 2 is 1.35 bits per heavy atom. The van der Waals surface area contributed by atoms with Gasteiger partial charge in [-0.05, 0) is 48.9 Å². The van der Waals surface area contributed by atoms with E-state index in [1.807, 2.05) is 0 Å². The molecule has 126 valence electrons. The van der Waals surface area contributed by atoms with Crippen LogP contribution in [0.5, 0.6) is 0 Å². The van der Waals surface area contributed by atoms with Gasteiger partial charge in [0.25, 0.3) is 0 Å². The lowest BCUT2D eigenvalue weighted by molar-refractivity contribution is 0.650. The van der Waals surface area contributed by atoms with Crippen LogP contribution < -0.4 is 5.73 Å². The molecule has 23 heavy (non-hydrogen) atoms. The van der Waals surface area contributed by atoms with Crippen molar-refractivity contribution in [3.8, 4) is 0 Å². The minimum absolute atomic E-state index is 0.324. The van der Waals surface area contributed by atoms with Crippen molar-refractivity contribution in [1.29, 1.82) is 5.41 Å². The van der Waals surface area contributed by atoms with Crippen LogP contribution in [0, 0.1) is 5.41 Å². The number of rotatable bonds is 10. The maximum atomic E-state index is 8.00. The second kappa shape index (κ2) is 8.85. The number of hydrogen-bond acceptors (Lipinski definition) is 2. The number of aliphatic imine (C=N–C) groups is 1. The molecule has 1 aliphatic heterocycles. The van der Waals surface area contributed by atoms with Crippen molar-refractivity contribution in [3.05, 3.63) is 34.4 Å².